The van der Waals surface area contributed by atoms with Crippen molar-refractivity contribution in [1.29, 1.82) is 0 Å². The lowest BCUT2D eigenvalue weighted by Crippen LogP contribution is -2.02. The van der Waals surface area contributed by atoms with E-state index in [4.69, 9.17) is 0 Å². The van der Waals surface area contributed by atoms with Crippen LogP contribution in [0.15, 0.2) is 74.6 Å². The Kier molecular flexibility index (Phi) is 4.70. The van der Waals surface area contributed by atoms with Gasteiger partial charge in [-0.3, -0.25) is 9.11 Å². The van der Waals surface area contributed by atoms with Crippen LogP contribution in [0.1, 0.15) is 0 Å². The number of benzene rings is 3. The highest BCUT2D eigenvalue weighted by Gasteiger charge is 2.22. The van der Waals surface area contributed by atoms with E-state index in [1.165, 1.54) is 0 Å². The number of aromatic hydroxyl groups is 1. The van der Waals surface area contributed by atoms with Crippen LogP contribution in [0.3, 0.4) is 0 Å². The number of fused-ring (bicyclic) bond motifs is 1. The molecule has 0 fully saturated rings. The maximum absolute atomic E-state index is 11.6. The number of hydrogen-bond acceptors (Lipinski definition) is 7. The molecule has 0 amide bonds. The zero-order chi connectivity index (χ0) is 19.8. The lowest BCUT2D eigenvalue weighted by Gasteiger charge is -2.10. The summed E-state index contributed by atoms with van der Waals surface area (Å²) in [7, 11) is -9.43. The minimum absolute atomic E-state index is 0.00899. The second kappa shape index (κ2) is 6.70. The van der Waals surface area contributed by atoms with Crippen LogP contribution in [-0.4, -0.2) is 31.0 Å². The van der Waals surface area contributed by atoms with Gasteiger partial charge in [0.2, 0.25) is 0 Å². The summed E-state index contributed by atoms with van der Waals surface area (Å²) in [5.74, 6) is -0.589. The first-order chi connectivity index (χ1) is 12.6. The van der Waals surface area contributed by atoms with E-state index in [-0.39, 0.29) is 16.5 Å². The Balaban J connectivity index is 2.33. The van der Waals surface area contributed by atoms with Crippen LogP contribution in [0.25, 0.3) is 10.8 Å². The third kappa shape index (κ3) is 3.95. The van der Waals surface area contributed by atoms with Gasteiger partial charge in [-0.15, -0.1) is 5.11 Å². The largest absolute Gasteiger partial charge is 0.506 e. The Morgan fingerprint density at radius 1 is 0.741 bits per heavy atom. The second-order valence-electron chi connectivity index (χ2n) is 5.44. The van der Waals surface area contributed by atoms with Crippen molar-refractivity contribution in [3.63, 3.8) is 0 Å². The van der Waals surface area contributed by atoms with Crippen LogP contribution in [0.4, 0.5) is 11.4 Å². The molecule has 0 unspecified atom stereocenters. The van der Waals surface area contributed by atoms with Gasteiger partial charge in [0, 0.05) is 16.8 Å². The molecule has 0 aliphatic rings. The molecule has 140 valence electrons. The summed E-state index contributed by atoms with van der Waals surface area (Å²) in [6.45, 7) is 0. The average Bonchev–Trinajstić information content (AvgIpc) is 2.59. The molecule has 0 aliphatic heterocycles. The van der Waals surface area contributed by atoms with Crippen LogP contribution in [-0.2, 0) is 20.2 Å². The molecule has 3 aromatic carbocycles. The second-order valence-corrected chi connectivity index (χ2v) is 8.25. The SMILES string of the molecule is O=S(=O)(O)c1ccc2c(N=Nc3ccccc3)c(O)cc(S(=O)(=O)O)c2c1. The van der Waals surface area contributed by atoms with E-state index >= 15 is 0 Å². The van der Waals surface area contributed by atoms with Crippen molar-refractivity contribution in [3.8, 4) is 5.75 Å². The number of hydrogen-bond donors (Lipinski definition) is 3. The van der Waals surface area contributed by atoms with Crippen LogP contribution >= 0.6 is 0 Å². The number of azo groups is 1. The molecule has 3 aromatic rings. The summed E-state index contributed by atoms with van der Waals surface area (Å²) in [5, 5.41) is 17.8. The number of phenolic OH excluding ortho intramolecular Hbond substituents is 1. The Morgan fingerprint density at radius 3 is 2.00 bits per heavy atom. The van der Waals surface area contributed by atoms with E-state index in [0.717, 1.165) is 24.3 Å². The first kappa shape index (κ1) is 18.9. The van der Waals surface area contributed by atoms with Gasteiger partial charge in [-0.05, 0) is 24.3 Å². The van der Waals surface area contributed by atoms with E-state index in [1.54, 1.807) is 30.3 Å². The smallest absolute Gasteiger partial charge is 0.295 e. The predicted molar refractivity (Wildman–Crippen MR) is 95.9 cm³/mol. The van der Waals surface area contributed by atoms with Crippen LogP contribution in [0, 0.1) is 0 Å². The molecule has 0 atom stereocenters. The molecule has 9 nitrogen and oxygen atoms in total. The van der Waals surface area contributed by atoms with Gasteiger partial charge in [-0.2, -0.15) is 21.9 Å². The average molecular weight is 408 g/mol. The highest BCUT2D eigenvalue weighted by molar-refractivity contribution is 7.86. The van der Waals surface area contributed by atoms with Gasteiger partial charge < -0.3 is 5.11 Å². The Labute approximate surface area is 154 Å². The Hall–Kier alpha value is -2.86. The van der Waals surface area contributed by atoms with Crippen molar-refractivity contribution in [2.75, 3.05) is 0 Å². The summed E-state index contributed by atoms with van der Waals surface area (Å²) in [6.07, 6.45) is 0. The molecule has 0 aliphatic carbocycles. The van der Waals surface area contributed by atoms with Gasteiger partial charge in [0.1, 0.15) is 16.3 Å². The van der Waals surface area contributed by atoms with Gasteiger partial charge in [0.25, 0.3) is 20.2 Å². The van der Waals surface area contributed by atoms with Crippen molar-refractivity contribution in [2.24, 2.45) is 10.2 Å². The topological polar surface area (TPSA) is 154 Å². The van der Waals surface area contributed by atoms with Gasteiger partial charge in [0.05, 0.1) is 10.6 Å². The van der Waals surface area contributed by atoms with Crippen LogP contribution < -0.4 is 0 Å². The van der Waals surface area contributed by atoms with Gasteiger partial charge in [-0.1, -0.05) is 24.3 Å². The molecule has 0 saturated heterocycles. The molecule has 27 heavy (non-hydrogen) atoms. The molecule has 0 spiro atoms. The first-order valence-corrected chi connectivity index (χ1v) is 10.2. The van der Waals surface area contributed by atoms with Gasteiger partial charge in [-0.25, -0.2) is 0 Å². The lowest BCUT2D eigenvalue weighted by molar-refractivity contribution is 0.468. The predicted octanol–water partition coefficient (Wildman–Crippen LogP) is 3.45. The molecule has 3 rings (SSSR count). The minimum Gasteiger partial charge on any atom is -0.506 e. The van der Waals surface area contributed by atoms with E-state index < -0.39 is 35.8 Å². The molecule has 0 saturated carbocycles. The fraction of sp³-hybridized carbons (Fsp3) is 0. The number of rotatable bonds is 4. The summed E-state index contributed by atoms with van der Waals surface area (Å²) in [6, 6.07) is 12.2. The highest BCUT2D eigenvalue weighted by atomic mass is 32.2. The van der Waals surface area contributed by atoms with E-state index in [2.05, 4.69) is 10.2 Å². The Morgan fingerprint density at radius 2 is 1.41 bits per heavy atom. The van der Waals surface area contributed by atoms with Crippen molar-refractivity contribution < 1.29 is 31.0 Å². The van der Waals surface area contributed by atoms with Gasteiger partial charge in [0.15, 0.2) is 0 Å². The molecular weight excluding hydrogens is 396 g/mol. The molecule has 0 aromatic heterocycles. The van der Waals surface area contributed by atoms with Crippen molar-refractivity contribution in [2.45, 2.75) is 9.79 Å². The van der Waals surface area contributed by atoms with Crippen molar-refractivity contribution in [3.05, 3.63) is 54.6 Å². The molecule has 0 bridgehead atoms. The summed E-state index contributed by atoms with van der Waals surface area (Å²) >= 11 is 0. The molecular formula is C16H12N2O7S2. The third-order valence-corrected chi connectivity index (χ3v) is 5.36. The maximum atomic E-state index is 11.6. The number of phenols is 1. The summed E-state index contributed by atoms with van der Waals surface area (Å²) in [5.41, 5.74) is 0.321. The monoisotopic (exact) mass is 408 g/mol. The lowest BCUT2D eigenvalue weighted by atomic mass is 10.1. The fourth-order valence-electron chi connectivity index (χ4n) is 2.42. The maximum Gasteiger partial charge on any atom is 0.295 e. The standard InChI is InChI=1S/C16H12N2O7S2/c19-14-9-15(27(23,24)25)13-8-11(26(20,21)22)6-7-12(13)16(14)18-17-10-4-2-1-3-5-10/h1-9,19H,(H,20,21,22)(H,23,24,25). The van der Waals surface area contributed by atoms with Crippen molar-refractivity contribution >= 4 is 42.4 Å². The van der Waals surface area contributed by atoms with E-state index in [9.17, 15) is 31.0 Å². The Bertz CT molecular complexity index is 1270. The zero-order valence-corrected chi connectivity index (χ0v) is 15.0. The summed E-state index contributed by atoms with van der Waals surface area (Å²) < 4.78 is 64.5. The van der Waals surface area contributed by atoms with Crippen LogP contribution in [0.5, 0.6) is 5.75 Å². The van der Waals surface area contributed by atoms with Crippen LogP contribution in [0.2, 0.25) is 0 Å². The zero-order valence-electron chi connectivity index (χ0n) is 13.4. The molecule has 11 heteroatoms. The molecule has 0 radical (unpaired) electrons. The quantitative estimate of drug-likeness (QED) is 0.441. The summed E-state index contributed by atoms with van der Waals surface area (Å²) in [4.78, 5) is -1.32. The van der Waals surface area contributed by atoms with E-state index in [0.29, 0.717) is 5.69 Å². The minimum atomic E-state index is -4.81. The van der Waals surface area contributed by atoms with Crippen molar-refractivity contribution in [1.82, 2.24) is 0 Å². The number of nitrogens with zero attached hydrogens (tertiary/aromatic N) is 2. The van der Waals surface area contributed by atoms with E-state index in [1.807, 2.05) is 0 Å². The first-order valence-electron chi connectivity index (χ1n) is 7.29. The third-order valence-electron chi connectivity index (χ3n) is 3.62. The fourth-order valence-corrected chi connectivity index (χ4v) is 3.64. The normalized spacial score (nSPS) is 12.7. The molecule has 3 N–H and O–H groups in total. The molecule has 0 heterocycles. The van der Waals surface area contributed by atoms with Gasteiger partial charge >= 0.3 is 0 Å². The highest BCUT2D eigenvalue weighted by Crippen LogP contribution is 2.40.